The summed E-state index contributed by atoms with van der Waals surface area (Å²) in [6.07, 6.45) is 0. The predicted octanol–water partition coefficient (Wildman–Crippen LogP) is 3.27. The van der Waals surface area contributed by atoms with E-state index in [0.717, 1.165) is 22.4 Å². The third kappa shape index (κ3) is 4.67. The van der Waals surface area contributed by atoms with Crippen LogP contribution in [0, 0.1) is 13.8 Å². The van der Waals surface area contributed by atoms with Crippen molar-refractivity contribution in [3.05, 3.63) is 28.8 Å². The van der Waals surface area contributed by atoms with E-state index in [-0.39, 0.29) is 11.3 Å². The Bertz CT molecular complexity index is 459. The molecule has 0 aromatic heterocycles. The maximum Gasteiger partial charge on any atom is 0.176 e. The smallest absolute Gasteiger partial charge is 0.176 e. The lowest BCUT2D eigenvalue weighted by Crippen LogP contribution is -2.39. The fourth-order valence-electron chi connectivity index (χ4n) is 1.84. The zero-order valence-electron chi connectivity index (χ0n) is 12.9. The standard InChI is InChI=1S/C16H25NO2/c1-7-19-15-9-11(2)13(8-12(15)3)14(18)10-17-16(4,5)6/h8-9,17H,7,10H2,1-6H3. The van der Waals surface area contributed by atoms with Crippen molar-refractivity contribution in [1.82, 2.24) is 5.32 Å². The SMILES string of the molecule is CCOc1cc(C)c(C(=O)CNC(C)(C)C)cc1C. The Morgan fingerprint density at radius 3 is 2.37 bits per heavy atom. The number of hydrogen-bond donors (Lipinski definition) is 1. The Morgan fingerprint density at radius 2 is 1.84 bits per heavy atom. The predicted molar refractivity (Wildman–Crippen MR) is 79.2 cm³/mol. The number of aryl methyl sites for hydroxylation is 2. The molecule has 0 aliphatic heterocycles. The second kappa shape index (κ2) is 6.20. The normalized spacial score (nSPS) is 11.5. The van der Waals surface area contributed by atoms with Gasteiger partial charge in [-0.25, -0.2) is 0 Å². The maximum atomic E-state index is 12.2. The second-order valence-corrected chi connectivity index (χ2v) is 5.89. The third-order valence-electron chi connectivity index (χ3n) is 2.90. The minimum Gasteiger partial charge on any atom is -0.494 e. The van der Waals surface area contributed by atoms with Crippen molar-refractivity contribution in [3.63, 3.8) is 0 Å². The van der Waals surface area contributed by atoms with Crippen molar-refractivity contribution in [1.29, 1.82) is 0 Å². The first kappa shape index (κ1) is 15.7. The van der Waals surface area contributed by atoms with Crippen LogP contribution in [-0.2, 0) is 0 Å². The minimum atomic E-state index is -0.0517. The van der Waals surface area contributed by atoms with Crippen molar-refractivity contribution < 1.29 is 9.53 Å². The van der Waals surface area contributed by atoms with E-state index in [9.17, 15) is 4.79 Å². The summed E-state index contributed by atoms with van der Waals surface area (Å²) in [5, 5.41) is 3.23. The molecule has 0 aliphatic rings. The highest BCUT2D eigenvalue weighted by atomic mass is 16.5. The number of ketones is 1. The average Bonchev–Trinajstić information content (AvgIpc) is 2.30. The van der Waals surface area contributed by atoms with Gasteiger partial charge in [-0.05, 0) is 64.8 Å². The first-order chi connectivity index (χ1) is 8.74. The van der Waals surface area contributed by atoms with Crippen molar-refractivity contribution in [2.24, 2.45) is 0 Å². The van der Waals surface area contributed by atoms with Crippen molar-refractivity contribution in [3.8, 4) is 5.75 Å². The van der Waals surface area contributed by atoms with Crippen LogP contribution in [0.1, 0.15) is 49.2 Å². The highest BCUT2D eigenvalue weighted by Gasteiger charge is 2.15. The molecule has 3 heteroatoms. The molecule has 0 unspecified atom stereocenters. The number of nitrogens with one attached hydrogen (secondary N) is 1. The lowest BCUT2D eigenvalue weighted by molar-refractivity contribution is 0.0981. The van der Waals surface area contributed by atoms with E-state index in [4.69, 9.17) is 4.74 Å². The van der Waals surface area contributed by atoms with Crippen LogP contribution in [0.3, 0.4) is 0 Å². The van der Waals surface area contributed by atoms with Gasteiger partial charge in [0.25, 0.3) is 0 Å². The summed E-state index contributed by atoms with van der Waals surface area (Å²) in [4.78, 5) is 12.2. The average molecular weight is 263 g/mol. The summed E-state index contributed by atoms with van der Waals surface area (Å²) in [5.74, 6) is 0.985. The molecule has 0 atom stereocenters. The first-order valence-corrected chi connectivity index (χ1v) is 6.77. The van der Waals surface area contributed by atoms with E-state index in [1.165, 1.54) is 0 Å². The van der Waals surface area contributed by atoms with E-state index in [1.807, 2.05) is 32.9 Å². The van der Waals surface area contributed by atoms with Crippen LogP contribution in [0.15, 0.2) is 12.1 Å². The topological polar surface area (TPSA) is 38.3 Å². The van der Waals surface area contributed by atoms with E-state index < -0.39 is 0 Å². The van der Waals surface area contributed by atoms with Gasteiger partial charge in [0.15, 0.2) is 5.78 Å². The fourth-order valence-corrected chi connectivity index (χ4v) is 1.84. The second-order valence-electron chi connectivity index (χ2n) is 5.89. The number of benzene rings is 1. The first-order valence-electron chi connectivity index (χ1n) is 6.77. The highest BCUT2D eigenvalue weighted by Crippen LogP contribution is 2.23. The van der Waals surface area contributed by atoms with Gasteiger partial charge >= 0.3 is 0 Å². The monoisotopic (exact) mass is 263 g/mol. The summed E-state index contributed by atoms with van der Waals surface area (Å²) < 4.78 is 5.54. The number of hydrogen-bond acceptors (Lipinski definition) is 3. The summed E-state index contributed by atoms with van der Waals surface area (Å²) >= 11 is 0. The molecule has 0 bridgehead atoms. The molecule has 19 heavy (non-hydrogen) atoms. The lowest BCUT2D eigenvalue weighted by atomic mass is 10.00. The summed E-state index contributed by atoms with van der Waals surface area (Å²) in [5.41, 5.74) is 2.70. The molecule has 1 aromatic rings. The lowest BCUT2D eigenvalue weighted by Gasteiger charge is -2.20. The van der Waals surface area contributed by atoms with Crippen molar-refractivity contribution in [2.45, 2.75) is 47.1 Å². The van der Waals surface area contributed by atoms with Crippen LogP contribution in [0.25, 0.3) is 0 Å². The van der Waals surface area contributed by atoms with Gasteiger partial charge in [-0.1, -0.05) is 0 Å². The van der Waals surface area contributed by atoms with Crippen molar-refractivity contribution >= 4 is 5.78 Å². The molecule has 0 saturated carbocycles. The molecule has 1 rings (SSSR count). The number of ether oxygens (including phenoxy) is 1. The van der Waals surface area contributed by atoms with Gasteiger partial charge in [0.2, 0.25) is 0 Å². The Morgan fingerprint density at radius 1 is 1.21 bits per heavy atom. The quantitative estimate of drug-likeness (QED) is 0.829. The Balaban J connectivity index is 2.89. The molecule has 1 aromatic carbocycles. The van der Waals surface area contributed by atoms with Crippen LogP contribution in [0.4, 0.5) is 0 Å². The van der Waals surface area contributed by atoms with Gasteiger partial charge in [-0.2, -0.15) is 0 Å². The summed E-state index contributed by atoms with van der Waals surface area (Å²) in [7, 11) is 0. The number of carbonyl (C=O) groups excluding carboxylic acids is 1. The molecule has 0 fully saturated rings. The minimum absolute atomic E-state index is 0.0517. The molecule has 0 aliphatic carbocycles. The molecule has 3 nitrogen and oxygen atoms in total. The largest absolute Gasteiger partial charge is 0.494 e. The van der Waals surface area contributed by atoms with Crippen LogP contribution >= 0.6 is 0 Å². The molecule has 1 N–H and O–H groups in total. The molecule has 106 valence electrons. The Labute approximate surface area is 116 Å². The van der Waals surface area contributed by atoms with Crippen molar-refractivity contribution in [2.75, 3.05) is 13.2 Å². The zero-order chi connectivity index (χ0) is 14.6. The van der Waals surface area contributed by atoms with Crippen LogP contribution in [-0.4, -0.2) is 24.5 Å². The molecule has 0 radical (unpaired) electrons. The number of Topliss-reactive ketones (excluding diaryl/α,β-unsaturated/α-hetero) is 1. The van der Waals surface area contributed by atoms with Crippen LogP contribution in [0.5, 0.6) is 5.75 Å². The van der Waals surface area contributed by atoms with E-state index >= 15 is 0 Å². The molecule has 0 amide bonds. The van der Waals surface area contributed by atoms with Gasteiger partial charge < -0.3 is 10.1 Å². The number of carbonyl (C=O) groups is 1. The van der Waals surface area contributed by atoms with E-state index in [0.29, 0.717) is 13.2 Å². The van der Waals surface area contributed by atoms with Gasteiger partial charge in [-0.15, -0.1) is 0 Å². The molecule has 0 saturated heterocycles. The van der Waals surface area contributed by atoms with E-state index in [1.54, 1.807) is 0 Å². The third-order valence-corrected chi connectivity index (χ3v) is 2.90. The summed E-state index contributed by atoms with van der Waals surface area (Å²) in [6.45, 7) is 13.0. The molecule has 0 spiro atoms. The van der Waals surface area contributed by atoms with Gasteiger partial charge in [0.1, 0.15) is 5.75 Å². The Hall–Kier alpha value is -1.35. The molecule has 0 heterocycles. The van der Waals surface area contributed by atoms with E-state index in [2.05, 4.69) is 26.1 Å². The van der Waals surface area contributed by atoms with Gasteiger partial charge in [0, 0.05) is 11.1 Å². The Kier molecular flexibility index (Phi) is 5.12. The maximum absolute atomic E-state index is 12.2. The summed E-state index contributed by atoms with van der Waals surface area (Å²) in [6, 6.07) is 3.87. The zero-order valence-corrected chi connectivity index (χ0v) is 12.9. The highest BCUT2D eigenvalue weighted by molar-refractivity contribution is 5.99. The molecular weight excluding hydrogens is 238 g/mol. The molecular formula is C16H25NO2. The number of rotatable bonds is 5. The van der Waals surface area contributed by atoms with Gasteiger partial charge in [0.05, 0.1) is 13.2 Å². The fraction of sp³-hybridized carbons (Fsp3) is 0.562. The van der Waals surface area contributed by atoms with Crippen LogP contribution in [0.2, 0.25) is 0 Å². The van der Waals surface area contributed by atoms with Gasteiger partial charge in [-0.3, -0.25) is 4.79 Å². The van der Waals surface area contributed by atoms with Crippen LogP contribution < -0.4 is 10.1 Å².